The molecule has 9 nitrogen and oxygen atoms in total. The van der Waals surface area contributed by atoms with E-state index >= 15 is 0 Å². The van der Waals surface area contributed by atoms with Crippen molar-refractivity contribution in [2.75, 3.05) is 38.1 Å². The Bertz CT molecular complexity index is 1500. The number of rotatable bonds is 9. The number of piperazine rings is 1. The number of benzene rings is 3. The number of ether oxygens (including phenoxy) is 1. The van der Waals surface area contributed by atoms with Crippen LogP contribution in [-0.4, -0.2) is 61.3 Å². The van der Waals surface area contributed by atoms with E-state index in [1.54, 1.807) is 23.6 Å². The standard InChI is InChI=1S/C29H34N6O3S/c1-4-35-28(22(2)32-39(36,37)27-15-13-24(14-16-27)23-9-6-5-7-10-23)30-31-29(35)38-26-12-8-11-25(21-26)34-19-17-33(3)18-20-34/h5-16,21-22,32H,4,17-20H2,1-3H3/t22-/m1/s1. The quantitative estimate of drug-likeness (QED) is 0.329. The van der Waals surface area contributed by atoms with Crippen LogP contribution in [-0.2, 0) is 16.6 Å². The predicted molar refractivity (Wildman–Crippen MR) is 153 cm³/mol. The summed E-state index contributed by atoms with van der Waals surface area (Å²) in [6.45, 7) is 8.18. The van der Waals surface area contributed by atoms with Crippen molar-refractivity contribution in [3.63, 3.8) is 0 Å². The summed E-state index contributed by atoms with van der Waals surface area (Å²) in [6.07, 6.45) is 0. The van der Waals surface area contributed by atoms with E-state index in [0.29, 0.717) is 24.1 Å². The minimum Gasteiger partial charge on any atom is -0.424 e. The second-order valence-corrected chi connectivity index (χ2v) is 11.4. The van der Waals surface area contributed by atoms with E-state index in [2.05, 4.69) is 37.8 Å². The Morgan fingerprint density at radius 1 is 0.897 bits per heavy atom. The van der Waals surface area contributed by atoms with Gasteiger partial charge in [-0.05, 0) is 56.3 Å². The highest BCUT2D eigenvalue weighted by atomic mass is 32.2. The second-order valence-electron chi connectivity index (χ2n) is 9.71. The van der Waals surface area contributed by atoms with Gasteiger partial charge in [-0.15, -0.1) is 5.10 Å². The van der Waals surface area contributed by atoms with E-state index in [0.717, 1.165) is 43.0 Å². The lowest BCUT2D eigenvalue weighted by atomic mass is 10.1. The van der Waals surface area contributed by atoms with Gasteiger partial charge in [0.05, 0.1) is 10.9 Å². The molecule has 4 aromatic rings. The number of sulfonamides is 1. The molecule has 1 aliphatic rings. The fourth-order valence-corrected chi connectivity index (χ4v) is 5.92. The van der Waals surface area contributed by atoms with Crippen molar-refractivity contribution >= 4 is 15.7 Å². The van der Waals surface area contributed by atoms with E-state index in [1.165, 1.54) is 0 Å². The molecular weight excluding hydrogens is 512 g/mol. The molecule has 3 aromatic carbocycles. The van der Waals surface area contributed by atoms with Gasteiger partial charge in [0.25, 0.3) is 0 Å². The lowest BCUT2D eigenvalue weighted by Gasteiger charge is -2.34. The zero-order valence-electron chi connectivity index (χ0n) is 22.5. The molecule has 0 bridgehead atoms. The largest absolute Gasteiger partial charge is 0.424 e. The molecule has 0 aliphatic carbocycles. The number of likely N-dealkylation sites (N-methyl/N-ethyl adjacent to an activating group) is 1. The molecule has 0 spiro atoms. The molecule has 1 N–H and O–H groups in total. The third-order valence-electron chi connectivity index (χ3n) is 6.95. The average Bonchev–Trinajstić information content (AvgIpc) is 3.36. The molecule has 1 aliphatic heterocycles. The van der Waals surface area contributed by atoms with E-state index in [9.17, 15) is 8.42 Å². The second kappa shape index (κ2) is 11.6. The minimum atomic E-state index is -3.78. The van der Waals surface area contributed by atoms with Crippen molar-refractivity contribution in [1.29, 1.82) is 0 Å². The number of nitrogens with zero attached hydrogens (tertiary/aromatic N) is 5. The third-order valence-corrected chi connectivity index (χ3v) is 8.50. The van der Waals surface area contributed by atoms with Gasteiger partial charge >= 0.3 is 6.01 Å². The van der Waals surface area contributed by atoms with Crippen molar-refractivity contribution in [1.82, 2.24) is 24.4 Å². The molecular formula is C29H34N6O3S. The van der Waals surface area contributed by atoms with Crippen LogP contribution in [0.2, 0.25) is 0 Å². The maximum atomic E-state index is 13.2. The first-order valence-electron chi connectivity index (χ1n) is 13.2. The first-order valence-corrected chi connectivity index (χ1v) is 14.6. The highest BCUT2D eigenvalue weighted by Crippen LogP contribution is 2.28. The van der Waals surface area contributed by atoms with Gasteiger partial charge in [0.15, 0.2) is 5.82 Å². The van der Waals surface area contributed by atoms with E-state index < -0.39 is 16.1 Å². The predicted octanol–water partition coefficient (Wildman–Crippen LogP) is 4.55. The fourth-order valence-electron chi connectivity index (χ4n) is 4.72. The van der Waals surface area contributed by atoms with Gasteiger partial charge < -0.3 is 14.5 Å². The Morgan fingerprint density at radius 3 is 2.28 bits per heavy atom. The molecule has 1 saturated heterocycles. The highest BCUT2D eigenvalue weighted by Gasteiger charge is 2.24. The summed E-state index contributed by atoms with van der Waals surface area (Å²) in [7, 11) is -1.65. The van der Waals surface area contributed by atoms with Crippen LogP contribution in [0.1, 0.15) is 25.7 Å². The lowest BCUT2D eigenvalue weighted by Crippen LogP contribution is -2.44. The van der Waals surface area contributed by atoms with Crippen LogP contribution in [0.25, 0.3) is 11.1 Å². The molecule has 204 valence electrons. The average molecular weight is 547 g/mol. The SMILES string of the molecule is CCn1c(Oc2cccc(N3CCN(C)CC3)c2)nnc1[C@@H](C)NS(=O)(=O)c1ccc(-c2ccccc2)cc1. The molecule has 39 heavy (non-hydrogen) atoms. The molecule has 0 amide bonds. The van der Waals surface area contributed by atoms with Crippen LogP contribution in [0.4, 0.5) is 5.69 Å². The molecule has 10 heteroatoms. The summed E-state index contributed by atoms with van der Waals surface area (Å²) in [6, 6.07) is 24.3. The van der Waals surface area contributed by atoms with Crippen molar-refractivity contribution in [3.05, 3.63) is 84.7 Å². The molecule has 1 aromatic heterocycles. The first kappa shape index (κ1) is 26.9. The summed E-state index contributed by atoms with van der Waals surface area (Å²) in [4.78, 5) is 4.84. The Morgan fingerprint density at radius 2 is 1.59 bits per heavy atom. The summed E-state index contributed by atoms with van der Waals surface area (Å²) in [5.41, 5.74) is 3.08. The van der Waals surface area contributed by atoms with Gasteiger partial charge in [-0.3, -0.25) is 4.57 Å². The van der Waals surface area contributed by atoms with Crippen molar-refractivity contribution in [2.24, 2.45) is 0 Å². The molecule has 0 unspecified atom stereocenters. The summed E-state index contributed by atoms with van der Waals surface area (Å²) in [5.74, 6) is 1.14. The number of anilines is 1. The number of hydrogen-bond donors (Lipinski definition) is 1. The number of hydrogen-bond acceptors (Lipinski definition) is 7. The Kier molecular flexibility index (Phi) is 7.97. The van der Waals surface area contributed by atoms with Crippen molar-refractivity contribution in [3.8, 4) is 22.9 Å². The van der Waals surface area contributed by atoms with Crippen LogP contribution in [0, 0.1) is 0 Å². The zero-order chi connectivity index (χ0) is 27.4. The Labute approximate surface area is 230 Å². The molecule has 5 rings (SSSR count). The minimum absolute atomic E-state index is 0.189. The third kappa shape index (κ3) is 6.13. The normalized spacial score (nSPS) is 15.3. The van der Waals surface area contributed by atoms with Crippen LogP contribution in [0.3, 0.4) is 0 Å². The smallest absolute Gasteiger partial charge is 0.322 e. The summed E-state index contributed by atoms with van der Waals surface area (Å²) < 4.78 is 37.0. The molecule has 1 fully saturated rings. The van der Waals surface area contributed by atoms with Crippen LogP contribution < -0.4 is 14.4 Å². The van der Waals surface area contributed by atoms with Gasteiger partial charge in [-0.1, -0.05) is 53.6 Å². The van der Waals surface area contributed by atoms with Gasteiger partial charge in [0.2, 0.25) is 10.0 Å². The molecule has 0 radical (unpaired) electrons. The van der Waals surface area contributed by atoms with E-state index in [1.807, 2.05) is 67.6 Å². The van der Waals surface area contributed by atoms with E-state index in [4.69, 9.17) is 4.74 Å². The summed E-state index contributed by atoms with van der Waals surface area (Å²) in [5, 5.41) is 8.52. The van der Waals surface area contributed by atoms with E-state index in [-0.39, 0.29) is 4.90 Å². The van der Waals surface area contributed by atoms with Crippen LogP contribution in [0.15, 0.2) is 83.8 Å². The number of nitrogens with one attached hydrogen (secondary N) is 1. The summed E-state index contributed by atoms with van der Waals surface area (Å²) >= 11 is 0. The van der Waals surface area contributed by atoms with Crippen LogP contribution in [0.5, 0.6) is 11.8 Å². The highest BCUT2D eigenvalue weighted by molar-refractivity contribution is 7.89. The Hall–Kier alpha value is -3.73. The first-order chi connectivity index (χ1) is 18.8. The molecule has 0 saturated carbocycles. The molecule has 1 atom stereocenters. The molecule has 2 heterocycles. The van der Waals surface area contributed by atoms with Crippen molar-refractivity contribution in [2.45, 2.75) is 31.3 Å². The zero-order valence-corrected chi connectivity index (χ0v) is 23.3. The van der Waals surface area contributed by atoms with Gasteiger partial charge in [0.1, 0.15) is 5.75 Å². The fraction of sp³-hybridized carbons (Fsp3) is 0.310. The van der Waals surface area contributed by atoms with Gasteiger partial charge in [-0.2, -0.15) is 0 Å². The Balaban J connectivity index is 1.29. The van der Waals surface area contributed by atoms with Gasteiger partial charge in [-0.25, -0.2) is 13.1 Å². The van der Waals surface area contributed by atoms with Crippen molar-refractivity contribution < 1.29 is 13.2 Å². The number of aromatic nitrogens is 3. The maximum Gasteiger partial charge on any atom is 0.322 e. The topological polar surface area (TPSA) is 92.6 Å². The van der Waals surface area contributed by atoms with Gasteiger partial charge in [0, 0.05) is 44.5 Å². The monoisotopic (exact) mass is 546 g/mol. The lowest BCUT2D eigenvalue weighted by molar-refractivity contribution is 0.312. The van der Waals surface area contributed by atoms with Crippen LogP contribution >= 0.6 is 0 Å². The maximum absolute atomic E-state index is 13.2.